The standard InChI is InChI=1S/C10H20N2O/c1-8(2)7-12-10(13)9-3-5-11-6-4-9/h8-9,11H,3-7H2,1-2H3,(H,12,13)/p+1. The Labute approximate surface area is 80.3 Å². The minimum absolute atomic E-state index is 0.266. The lowest BCUT2D eigenvalue weighted by molar-refractivity contribution is -0.664. The summed E-state index contributed by atoms with van der Waals surface area (Å²) in [6, 6.07) is 0. The second-order valence-electron chi connectivity index (χ2n) is 4.28. The molecule has 1 aliphatic heterocycles. The summed E-state index contributed by atoms with van der Waals surface area (Å²) in [5, 5.41) is 5.28. The maximum Gasteiger partial charge on any atom is 0.223 e. The second-order valence-corrected chi connectivity index (χ2v) is 4.28. The topological polar surface area (TPSA) is 45.7 Å². The van der Waals surface area contributed by atoms with Crippen LogP contribution in [0.15, 0.2) is 0 Å². The van der Waals surface area contributed by atoms with Crippen LogP contribution >= 0.6 is 0 Å². The Morgan fingerprint density at radius 2 is 2.08 bits per heavy atom. The van der Waals surface area contributed by atoms with E-state index in [1.165, 1.54) is 0 Å². The average molecular weight is 185 g/mol. The molecule has 0 spiro atoms. The molecule has 3 heteroatoms. The highest BCUT2D eigenvalue weighted by molar-refractivity contribution is 5.78. The summed E-state index contributed by atoms with van der Waals surface area (Å²) in [6.45, 7) is 7.28. The highest BCUT2D eigenvalue weighted by Gasteiger charge is 2.22. The predicted octanol–water partition coefficient (Wildman–Crippen LogP) is -0.268. The lowest BCUT2D eigenvalue weighted by Crippen LogP contribution is -2.86. The van der Waals surface area contributed by atoms with Gasteiger partial charge in [0.1, 0.15) is 0 Å². The first-order valence-electron chi connectivity index (χ1n) is 5.29. The van der Waals surface area contributed by atoms with Gasteiger partial charge in [-0.2, -0.15) is 0 Å². The van der Waals surface area contributed by atoms with Crippen molar-refractivity contribution < 1.29 is 10.1 Å². The van der Waals surface area contributed by atoms with E-state index >= 15 is 0 Å². The zero-order valence-electron chi connectivity index (χ0n) is 8.68. The minimum atomic E-state index is 0.266. The highest BCUT2D eigenvalue weighted by Crippen LogP contribution is 2.08. The third-order valence-electron chi connectivity index (χ3n) is 2.49. The van der Waals surface area contributed by atoms with Gasteiger partial charge in [0.25, 0.3) is 0 Å². The van der Waals surface area contributed by atoms with E-state index < -0.39 is 0 Å². The minimum Gasteiger partial charge on any atom is -0.356 e. The van der Waals surface area contributed by atoms with Crippen LogP contribution in [0.2, 0.25) is 0 Å². The number of piperidine rings is 1. The molecule has 76 valence electrons. The molecule has 0 unspecified atom stereocenters. The molecular formula is C10H21N2O+. The molecule has 0 bridgehead atoms. The van der Waals surface area contributed by atoms with Crippen molar-refractivity contribution in [2.24, 2.45) is 11.8 Å². The van der Waals surface area contributed by atoms with Gasteiger partial charge in [0.15, 0.2) is 0 Å². The van der Waals surface area contributed by atoms with E-state index in [0.29, 0.717) is 5.92 Å². The molecule has 0 aromatic heterocycles. The third-order valence-corrected chi connectivity index (χ3v) is 2.49. The van der Waals surface area contributed by atoms with Crippen LogP contribution in [-0.2, 0) is 4.79 Å². The fourth-order valence-corrected chi connectivity index (χ4v) is 1.64. The van der Waals surface area contributed by atoms with Crippen LogP contribution in [0, 0.1) is 11.8 Å². The largest absolute Gasteiger partial charge is 0.356 e. The molecule has 1 aliphatic rings. The van der Waals surface area contributed by atoms with Crippen LogP contribution in [0.5, 0.6) is 0 Å². The maximum atomic E-state index is 11.6. The van der Waals surface area contributed by atoms with Gasteiger partial charge in [0, 0.05) is 25.3 Å². The number of hydrogen-bond acceptors (Lipinski definition) is 1. The lowest BCUT2D eigenvalue weighted by Gasteiger charge is -2.20. The van der Waals surface area contributed by atoms with E-state index in [1.54, 1.807) is 0 Å². The molecule has 0 radical (unpaired) electrons. The molecule has 3 N–H and O–H groups in total. The summed E-state index contributed by atoms with van der Waals surface area (Å²) >= 11 is 0. The number of amides is 1. The zero-order valence-corrected chi connectivity index (χ0v) is 8.68. The summed E-state index contributed by atoms with van der Waals surface area (Å²) < 4.78 is 0. The Bertz CT molecular complexity index is 162. The molecular weight excluding hydrogens is 164 g/mol. The molecule has 0 saturated carbocycles. The first kappa shape index (κ1) is 10.5. The normalized spacial score (nSPS) is 19.0. The summed E-state index contributed by atoms with van der Waals surface area (Å²) in [4.78, 5) is 11.6. The Morgan fingerprint density at radius 3 is 2.62 bits per heavy atom. The molecule has 0 aliphatic carbocycles. The van der Waals surface area contributed by atoms with E-state index in [-0.39, 0.29) is 11.8 Å². The molecule has 13 heavy (non-hydrogen) atoms. The van der Waals surface area contributed by atoms with Crippen LogP contribution in [-0.4, -0.2) is 25.5 Å². The van der Waals surface area contributed by atoms with Crippen LogP contribution in [0.4, 0.5) is 0 Å². The van der Waals surface area contributed by atoms with Crippen molar-refractivity contribution in [3.63, 3.8) is 0 Å². The zero-order chi connectivity index (χ0) is 9.68. The predicted molar refractivity (Wildman–Crippen MR) is 52.2 cm³/mol. The van der Waals surface area contributed by atoms with Crippen LogP contribution in [0.25, 0.3) is 0 Å². The smallest absolute Gasteiger partial charge is 0.223 e. The van der Waals surface area contributed by atoms with Crippen molar-refractivity contribution in [2.45, 2.75) is 26.7 Å². The van der Waals surface area contributed by atoms with Gasteiger partial charge in [-0.25, -0.2) is 0 Å². The van der Waals surface area contributed by atoms with Crippen molar-refractivity contribution >= 4 is 5.91 Å². The van der Waals surface area contributed by atoms with Gasteiger partial charge >= 0.3 is 0 Å². The van der Waals surface area contributed by atoms with Crippen molar-refractivity contribution in [2.75, 3.05) is 19.6 Å². The molecule has 0 aromatic carbocycles. The van der Waals surface area contributed by atoms with Gasteiger partial charge in [0.2, 0.25) is 5.91 Å². The Balaban J connectivity index is 2.21. The molecule has 1 heterocycles. The molecule has 0 atom stereocenters. The number of rotatable bonds is 3. The maximum absolute atomic E-state index is 11.6. The summed E-state index contributed by atoms with van der Waals surface area (Å²) in [5.74, 6) is 1.10. The third kappa shape index (κ3) is 3.77. The Morgan fingerprint density at radius 1 is 1.46 bits per heavy atom. The van der Waals surface area contributed by atoms with E-state index in [0.717, 1.165) is 32.5 Å². The van der Waals surface area contributed by atoms with Gasteiger partial charge < -0.3 is 10.6 Å². The van der Waals surface area contributed by atoms with Crippen LogP contribution in [0.1, 0.15) is 26.7 Å². The quantitative estimate of drug-likeness (QED) is 0.625. The number of hydrogen-bond donors (Lipinski definition) is 2. The molecule has 1 rings (SSSR count). The SMILES string of the molecule is CC(C)CNC(=O)C1CC[NH2+]CC1. The van der Waals surface area contributed by atoms with Crippen LogP contribution < -0.4 is 10.6 Å². The van der Waals surface area contributed by atoms with Crippen molar-refractivity contribution in [3.05, 3.63) is 0 Å². The first-order valence-corrected chi connectivity index (χ1v) is 5.29. The van der Waals surface area contributed by atoms with E-state index in [4.69, 9.17) is 0 Å². The number of quaternary nitrogens is 1. The second kappa shape index (κ2) is 5.22. The fourth-order valence-electron chi connectivity index (χ4n) is 1.64. The van der Waals surface area contributed by atoms with Gasteiger partial charge in [-0.05, 0) is 5.92 Å². The van der Waals surface area contributed by atoms with Crippen molar-refractivity contribution in [3.8, 4) is 0 Å². The van der Waals surface area contributed by atoms with E-state index in [2.05, 4.69) is 24.5 Å². The monoisotopic (exact) mass is 185 g/mol. The average Bonchev–Trinajstić information content (AvgIpc) is 2.15. The Kier molecular flexibility index (Phi) is 4.22. The summed E-state index contributed by atoms with van der Waals surface area (Å²) in [7, 11) is 0. The van der Waals surface area contributed by atoms with E-state index in [1.807, 2.05) is 0 Å². The molecule has 1 saturated heterocycles. The summed E-state index contributed by atoms with van der Waals surface area (Å²) in [6.07, 6.45) is 2.09. The number of nitrogens with one attached hydrogen (secondary N) is 1. The Hall–Kier alpha value is -0.570. The summed E-state index contributed by atoms with van der Waals surface area (Å²) in [5.41, 5.74) is 0. The van der Waals surface area contributed by atoms with Gasteiger partial charge in [-0.3, -0.25) is 4.79 Å². The molecule has 3 nitrogen and oxygen atoms in total. The van der Waals surface area contributed by atoms with Crippen molar-refractivity contribution in [1.82, 2.24) is 5.32 Å². The van der Waals surface area contributed by atoms with Crippen LogP contribution in [0.3, 0.4) is 0 Å². The molecule has 1 fully saturated rings. The van der Waals surface area contributed by atoms with Gasteiger partial charge in [0.05, 0.1) is 13.1 Å². The number of carbonyl (C=O) groups is 1. The van der Waals surface area contributed by atoms with Gasteiger partial charge in [-0.15, -0.1) is 0 Å². The van der Waals surface area contributed by atoms with Gasteiger partial charge in [-0.1, -0.05) is 13.8 Å². The number of carbonyl (C=O) groups excluding carboxylic acids is 1. The molecule has 0 aromatic rings. The first-order chi connectivity index (χ1) is 6.20. The van der Waals surface area contributed by atoms with E-state index in [9.17, 15) is 4.79 Å². The molecule has 1 amide bonds. The lowest BCUT2D eigenvalue weighted by atomic mass is 9.97. The fraction of sp³-hybridized carbons (Fsp3) is 0.900. The highest BCUT2D eigenvalue weighted by atomic mass is 16.1. The van der Waals surface area contributed by atoms with Crippen molar-refractivity contribution in [1.29, 1.82) is 0 Å². The number of nitrogens with two attached hydrogens (primary N) is 1.